The first-order valence-corrected chi connectivity index (χ1v) is 16.5. The Balaban J connectivity index is 0. The zero-order chi connectivity index (χ0) is 32.2. The molecule has 0 saturated heterocycles. The molecular weight excluding hydrogens is 740 g/mol. The number of rotatable bonds is 11. The van der Waals surface area contributed by atoms with E-state index in [-0.39, 0.29) is 105 Å². The monoisotopic (exact) mass is 756 g/mol. The summed E-state index contributed by atoms with van der Waals surface area (Å²) in [4.78, 5) is -2.92. The molecule has 0 aliphatic heterocycles. The average Bonchev–Trinajstić information content (AvgIpc) is 2.91. The molecule has 26 heteroatoms. The van der Waals surface area contributed by atoms with Crippen molar-refractivity contribution in [2.45, 2.75) is 14.7 Å². The van der Waals surface area contributed by atoms with Crippen LogP contribution in [-0.4, -0.2) is 52.2 Å². The van der Waals surface area contributed by atoms with Crippen molar-refractivity contribution in [2.24, 2.45) is 20.5 Å². The Morgan fingerprint density at radius 1 is 0.787 bits per heavy atom. The second-order valence-corrected chi connectivity index (χ2v) is 13.5. The molecule has 47 heavy (non-hydrogen) atoms. The van der Waals surface area contributed by atoms with Crippen LogP contribution in [0.25, 0.3) is 0 Å². The third kappa shape index (κ3) is 13.1. The molecule has 3 aromatic rings. The topological polar surface area (TPSA) is 347 Å². The second-order valence-electron chi connectivity index (χ2n) is 8.01. The third-order valence-electron chi connectivity index (χ3n) is 5.19. The molecule has 236 valence electrons. The fourth-order valence-electron chi connectivity index (χ4n) is 3.21. The van der Waals surface area contributed by atoms with E-state index < -0.39 is 96.5 Å². The van der Waals surface area contributed by atoms with Gasteiger partial charge < -0.3 is 38.6 Å². The molecule has 5 N–H and O–H groups in total. The average molecular weight is 757 g/mol. The molecule has 0 spiro atoms. The fourth-order valence-corrected chi connectivity index (χ4v) is 5.98. The molecule has 3 rings (SSSR count). The zero-order valence-corrected chi connectivity index (χ0v) is 33.8. The number of azo groups is 2. The van der Waals surface area contributed by atoms with Gasteiger partial charge in [-0.3, -0.25) is 0 Å². The first kappa shape index (κ1) is 47.7. The van der Waals surface area contributed by atoms with E-state index in [2.05, 4.69) is 24.6 Å². The SMILES string of the molecule is N#Cc1cccc(N=Nc2c(N)c(N=Nc3ccc(S(=O)(=O)CCO[S-](=O)=O)cc3S(=O)(=O)[O-])cc(S(=O)(=O)[O-])c2N)c1.[Na+].[Na+].[Na+].[OH-]. The van der Waals surface area contributed by atoms with E-state index in [1.54, 1.807) is 0 Å². The Labute approximate surface area is 336 Å². The van der Waals surface area contributed by atoms with E-state index in [9.17, 15) is 42.8 Å². The quantitative estimate of drug-likeness (QED) is 0.0604. The van der Waals surface area contributed by atoms with E-state index >= 15 is 0 Å². The Kier molecular flexibility index (Phi) is 20.0. The van der Waals surface area contributed by atoms with Crippen LogP contribution in [0, 0.1) is 11.3 Å². The third-order valence-corrected chi connectivity index (χ3v) is 8.96. The summed E-state index contributed by atoms with van der Waals surface area (Å²) >= 11 is 0. The van der Waals surface area contributed by atoms with Crippen molar-refractivity contribution in [3.8, 4) is 6.07 Å². The van der Waals surface area contributed by atoms with Crippen molar-refractivity contribution in [3.63, 3.8) is 0 Å². The van der Waals surface area contributed by atoms with Gasteiger partial charge in [0.05, 0.1) is 60.1 Å². The maximum Gasteiger partial charge on any atom is 1.00 e. The maximum absolute atomic E-state index is 12.4. The van der Waals surface area contributed by atoms with Crippen LogP contribution < -0.4 is 100 Å². The van der Waals surface area contributed by atoms with Gasteiger partial charge >= 0.3 is 88.7 Å². The minimum absolute atomic E-state index is 0. The summed E-state index contributed by atoms with van der Waals surface area (Å²) < 4.78 is 121. The zero-order valence-electron chi connectivity index (χ0n) is 24.5. The number of nitrogens with zero attached hydrogens (tertiary/aromatic N) is 5. The van der Waals surface area contributed by atoms with Crippen LogP contribution in [0.1, 0.15) is 5.56 Å². The number of sulfone groups is 1. The second kappa shape index (κ2) is 19.7. The van der Waals surface area contributed by atoms with E-state index in [1.807, 2.05) is 6.07 Å². The first-order chi connectivity index (χ1) is 19.9. The number of nitrogens with two attached hydrogens (primary N) is 2. The molecule has 0 aliphatic carbocycles. The number of nitrogen functional groups attached to an aromatic ring is 2. The molecule has 3 aromatic carbocycles. The molecule has 0 atom stereocenters. The summed E-state index contributed by atoms with van der Waals surface area (Å²) in [5, 5.41) is 23.8. The molecule has 0 unspecified atom stereocenters. The normalized spacial score (nSPS) is 11.6. The molecule has 0 heterocycles. The summed E-state index contributed by atoms with van der Waals surface area (Å²) in [6, 6.07) is 10.2. The minimum atomic E-state index is -5.41. The van der Waals surface area contributed by atoms with Gasteiger partial charge in [-0.1, -0.05) is 6.07 Å². The van der Waals surface area contributed by atoms with Gasteiger partial charge in [0, 0.05) is 6.61 Å². The van der Waals surface area contributed by atoms with E-state index in [0.29, 0.717) is 12.1 Å². The van der Waals surface area contributed by atoms with Gasteiger partial charge in [0.1, 0.15) is 37.3 Å². The van der Waals surface area contributed by atoms with Gasteiger partial charge in [0.15, 0.2) is 9.84 Å². The van der Waals surface area contributed by atoms with Crippen molar-refractivity contribution >= 4 is 75.2 Å². The number of hydrogen-bond donors (Lipinski definition) is 2. The Hall–Kier alpha value is -1.41. The number of hydrogen-bond acceptors (Lipinski definition) is 20. The summed E-state index contributed by atoms with van der Waals surface area (Å²) in [5.41, 5.74) is 9.07. The van der Waals surface area contributed by atoms with E-state index in [1.165, 1.54) is 24.3 Å². The predicted octanol–water partition coefficient (Wildman–Crippen LogP) is -6.79. The molecule has 0 amide bonds. The number of nitriles is 1. The smallest absolute Gasteiger partial charge is 0.870 e. The van der Waals surface area contributed by atoms with E-state index in [0.717, 1.165) is 12.1 Å². The molecule has 0 aromatic heterocycles. The standard InChI is InChI=1S/C21H18N7O11S4.3Na.H2O/c22-11-12-2-1-3-13(8-12)25-28-21-19(23)16(10-18(20(21)24)43(36,37)38)27-26-15-5-4-14(9-17(15)42(33,34)35)41(31,32)7-6-39-40(29)30;;;;/h1-5,8-10H,6-7,23-24H2,(H,33,34,35)(H,36,37,38);;;;1H2/q-1;3*+1;/p-3. The van der Waals surface area contributed by atoms with Crippen LogP contribution >= 0.6 is 0 Å². The Morgan fingerprint density at radius 3 is 1.94 bits per heavy atom. The fraction of sp³-hybridized carbons (Fsp3) is 0.0952. The number of anilines is 2. The van der Waals surface area contributed by atoms with Crippen LogP contribution in [0.2, 0.25) is 0 Å². The summed E-state index contributed by atoms with van der Waals surface area (Å²) in [6.45, 7) is -0.801. The molecular formula is C21H17N7Na3O12S4-. The summed E-state index contributed by atoms with van der Waals surface area (Å²) in [6.07, 6.45) is 0. The van der Waals surface area contributed by atoms with Crippen molar-refractivity contribution in [1.29, 1.82) is 5.26 Å². The van der Waals surface area contributed by atoms with Crippen molar-refractivity contribution < 1.29 is 141 Å². The Morgan fingerprint density at radius 2 is 1.38 bits per heavy atom. The van der Waals surface area contributed by atoms with Crippen molar-refractivity contribution in [1.82, 2.24) is 0 Å². The van der Waals surface area contributed by atoms with Crippen LogP contribution in [0.4, 0.5) is 34.1 Å². The molecule has 0 radical (unpaired) electrons. The largest absolute Gasteiger partial charge is 1.00 e. The van der Waals surface area contributed by atoms with Gasteiger partial charge in [0.2, 0.25) is 0 Å². The van der Waals surface area contributed by atoms with Gasteiger partial charge in [-0.15, -0.1) is 15.3 Å². The van der Waals surface area contributed by atoms with Crippen LogP contribution in [0.5, 0.6) is 0 Å². The Bertz CT molecular complexity index is 2110. The van der Waals surface area contributed by atoms with Crippen LogP contribution in [-0.2, 0) is 53.7 Å². The number of benzene rings is 3. The van der Waals surface area contributed by atoms with Gasteiger partial charge in [-0.05, 0) is 42.5 Å². The summed E-state index contributed by atoms with van der Waals surface area (Å²) in [7, 11) is -18.0. The molecule has 0 fully saturated rings. The predicted molar refractivity (Wildman–Crippen MR) is 146 cm³/mol. The molecule has 19 nitrogen and oxygen atoms in total. The van der Waals surface area contributed by atoms with Crippen molar-refractivity contribution in [2.75, 3.05) is 23.8 Å². The molecule has 0 saturated carbocycles. The minimum Gasteiger partial charge on any atom is -0.870 e. The van der Waals surface area contributed by atoms with Gasteiger partial charge in [-0.25, -0.2) is 25.3 Å². The van der Waals surface area contributed by atoms with Crippen LogP contribution in [0.3, 0.4) is 0 Å². The molecule has 0 aliphatic rings. The van der Waals surface area contributed by atoms with Crippen LogP contribution in [0.15, 0.2) is 83.7 Å². The van der Waals surface area contributed by atoms with E-state index in [4.69, 9.17) is 16.7 Å². The van der Waals surface area contributed by atoms with Gasteiger partial charge in [0.25, 0.3) is 0 Å². The van der Waals surface area contributed by atoms with Gasteiger partial charge in [-0.2, -0.15) is 10.4 Å². The first-order valence-electron chi connectivity index (χ1n) is 11.0. The summed E-state index contributed by atoms with van der Waals surface area (Å²) in [5.74, 6) is -0.896. The van der Waals surface area contributed by atoms with Crippen molar-refractivity contribution in [3.05, 3.63) is 54.1 Å². The molecule has 0 bridgehead atoms. The maximum atomic E-state index is 12.4.